The van der Waals surface area contributed by atoms with Gasteiger partial charge in [0.25, 0.3) is 0 Å². The third-order valence-electron chi connectivity index (χ3n) is 3.08. The van der Waals surface area contributed by atoms with Crippen LogP contribution in [0.5, 0.6) is 0 Å². The van der Waals surface area contributed by atoms with Gasteiger partial charge in [0, 0.05) is 32.0 Å². The van der Waals surface area contributed by atoms with Gasteiger partial charge in [-0.25, -0.2) is 4.98 Å². The molecule has 2 atom stereocenters. The van der Waals surface area contributed by atoms with Gasteiger partial charge in [0.2, 0.25) is 0 Å². The quantitative estimate of drug-likeness (QED) is 0.818. The highest BCUT2D eigenvalue weighted by Crippen LogP contribution is 2.13. The van der Waals surface area contributed by atoms with Crippen LogP contribution in [0.4, 0.5) is 0 Å². The van der Waals surface area contributed by atoms with Gasteiger partial charge in [-0.3, -0.25) is 0 Å². The van der Waals surface area contributed by atoms with Crippen molar-refractivity contribution in [3.8, 4) is 0 Å². The summed E-state index contributed by atoms with van der Waals surface area (Å²) in [6.45, 7) is 7.73. The Balaban J connectivity index is 2.64. The van der Waals surface area contributed by atoms with E-state index in [9.17, 15) is 0 Å². The van der Waals surface area contributed by atoms with Crippen LogP contribution in [-0.4, -0.2) is 41.1 Å². The Bertz CT molecular complexity index is 330. The Labute approximate surface area is 105 Å². The number of hydrogen-bond acceptors (Lipinski definition) is 3. The molecule has 1 aromatic heterocycles. The molecule has 0 bridgehead atoms. The molecule has 4 heteroatoms. The van der Waals surface area contributed by atoms with Crippen LogP contribution in [0.1, 0.15) is 32.6 Å². The lowest BCUT2D eigenvalue weighted by atomic mass is 10.0. The molecule has 1 rings (SSSR count). The zero-order chi connectivity index (χ0) is 13.0. The Morgan fingerprint density at radius 3 is 2.41 bits per heavy atom. The molecule has 0 fully saturated rings. The molecule has 98 valence electrons. The predicted octanol–water partition coefficient (Wildman–Crippen LogP) is 1.66. The van der Waals surface area contributed by atoms with Crippen LogP contribution in [-0.2, 0) is 7.05 Å². The summed E-state index contributed by atoms with van der Waals surface area (Å²) in [6.07, 6.45) is 3.84. The van der Waals surface area contributed by atoms with E-state index in [0.717, 1.165) is 12.4 Å². The molecule has 2 unspecified atom stereocenters. The van der Waals surface area contributed by atoms with Crippen molar-refractivity contribution in [1.29, 1.82) is 0 Å². The molecule has 4 nitrogen and oxygen atoms in total. The fourth-order valence-electron chi connectivity index (χ4n) is 2.04. The second-order valence-electron chi connectivity index (χ2n) is 5.40. The van der Waals surface area contributed by atoms with Gasteiger partial charge in [0.15, 0.2) is 0 Å². The van der Waals surface area contributed by atoms with Crippen LogP contribution < -0.4 is 5.32 Å². The van der Waals surface area contributed by atoms with Gasteiger partial charge in [-0.2, -0.15) is 0 Å². The van der Waals surface area contributed by atoms with Crippen molar-refractivity contribution in [1.82, 2.24) is 19.8 Å². The van der Waals surface area contributed by atoms with Crippen molar-refractivity contribution in [3.63, 3.8) is 0 Å². The van der Waals surface area contributed by atoms with E-state index in [2.05, 4.69) is 54.6 Å². The van der Waals surface area contributed by atoms with Crippen molar-refractivity contribution in [2.45, 2.75) is 32.9 Å². The third-order valence-corrected chi connectivity index (χ3v) is 3.08. The lowest BCUT2D eigenvalue weighted by molar-refractivity contribution is 0.270. The molecule has 0 amide bonds. The monoisotopic (exact) mass is 238 g/mol. The molecular weight excluding hydrogens is 212 g/mol. The van der Waals surface area contributed by atoms with Crippen LogP contribution in [0.2, 0.25) is 0 Å². The lowest BCUT2D eigenvalue weighted by Gasteiger charge is -2.28. The smallest absolute Gasteiger partial charge is 0.125 e. The molecule has 0 saturated heterocycles. The number of imidazole rings is 1. The zero-order valence-corrected chi connectivity index (χ0v) is 11.9. The van der Waals surface area contributed by atoms with E-state index in [4.69, 9.17) is 0 Å². The molecule has 0 saturated carbocycles. The highest BCUT2D eigenvalue weighted by atomic mass is 15.1. The van der Waals surface area contributed by atoms with Crippen LogP contribution >= 0.6 is 0 Å². The van der Waals surface area contributed by atoms with Gasteiger partial charge >= 0.3 is 0 Å². The first kappa shape index (κ1) is 14.2. The molecular formula is C13H26N4. The van der Waals surface area contributed by atoms with E-state index < -0.39 is 0 Å². The molecule has 0 aliphatic heterocycles. The summed E-state index contributed by atoms with van der Waals surface area (Å²) in [7, 11) is 6.27. The maximum Gasteiger partial charge on any atom is 0.125 e. The summed E-state index contributed by atoms with van der Waals surface area (Å²) >= 11 is 0. The summed E-state index contributed by atoms with van der Waals surface area (Å²) in [5.41, 5.74) is 0. The second kappa shape index (κ2) is 6.17. The number of nitrogens with one attached hydrogen (secondary N) is 1. The number of rotatable bonds is 6. The first-order chi connectivity index (χ1) is 7.91. The van der Waals surface area contributed by atoms with E-state index in [0.29, 0.717) is 12.0 Å². The average molecular weight is 238 g/mol. The fourth-order valence-corrected chi connectivity index (χ4v) is 2.04. The van der Waals surface area contributed by atoms with Crippen LogP contribution in [0.25, 0.3) is 0 Å². The second-order valence-corrected chi connectivity index (χ2v) is 5.40. The van der Waals surface area contributed by atoms with E-state index in [1.54, 1.807) is 0 Å². The first-order valence-electron chi connectivity index (χ1n) is 6.29. The average Bonchev–Trinajstić information content (AvgIpc) is 2.62. The predicted molar refractivity (Wildman–Crippen MR) is 71.9 cm³/mol. The molecule has 0 aliphatic rings. The van der Waals surface area contributed by atoms with Crippen LogP contribution in [0.15, 0.2) is 12.4 Å². The highest BCUT2D eigenvalue weighted by Gasteiger charge is 2.19. The van der Waals surface area contributed by atoms with Crippen molar-refractivity contribution >= 4 is 0 Å². The fraction of sp³-hybridized carbons (Fsp3) is 0.769. The number of nitrogens with zero attached hydrogens (tertiary/aromatic N) is 3. The largest absolute Gasteiger partial charge is 0.337 e. The summed E-state index contributed by atoms with van der Waals surface area (Å²) < 4.78 is 2.07. The molecule has 17 heavy (non-hydrogen) atoms. The molecule has 0 aliphatic carbocycles. The van der Waals surface area contributed by atoms with Crippen LogP contribution in [0, 0.1) is 5.92 Å². The minimum atomic E-state index is 0.280. The standard InChI is InChI=1S/C13H26N4/c1-10(2)12(9-16(4)5)15-11(3)13-14-7-8-17(13)6/h7-8,10-12,15H,9H2,1-6H3. The Morgan fingerprint density at radius 2 is 2.00 bits per heavy atom. The molecule has 0 radical (unpaired) electrons. The maximum atomic E-state index is 4.39. The molecule has 1 heterocycles. The molecule has 1 N–H and O–H groups in total. The third kappa shape index (κ3) is 4.13. The Hall–Kier alpha value is -0.870. The van der Waals surface area contributed by atoms with Gasteiger partial charge in [-0.15, -0.1) is 0 Å². The number of aryl methyl sites for hydroxylation is 1. The molecule has 0 spiro atoms. The van der Waals surface area contributed by atoms with E-state index >= 15 is 0 Å². The van der Waals surface area contributed by atoms with E-state index in [1.807, 2.05) is 19.4 Å². The first-order valence-corrected chi connectivity index (χ1v) is 6.29. The van der Waals surface area contributed by atoms with Crippen LogP contribution in [0.3, 0.4) is 0 Å². The maximum absolute atomic E-state index is 4.39. The van der Waals surface area contributed by atoms with Crippen molar-refractivity contribution in [3.05, 3.63) is 18.2 Å². The van der Waals surface area contributed by atoms with E-state index in [-0.39, 0.29) is 6.04 Å². The van der Waals surface area contributed by atoms with Crippen molar-refractivity contribution in [2.24, 2.45) is 13.0 Å². The minimum Gasteiger partial charge on any atom is -0.337 e. The van der Waals surface area contributed by atoms with Gasteiger partial charge in [0.05, 0.1) is 6.04 Å². The number of aromatic nitrogens is 2. The molecule has 1 aromatic rings. The van der Waals surface area contributed by atoms with Gasteiger partial charge in [0.1, 0.15) is 5.82 Å². The highest BCUT2D eigenvalue weighted by molar-refractivity contribution is 4.98. The minimum absolute atomic E-state index is 0.280. The number of hydrogen-bond donors (Lipinski definition) is 1. The summed E-state index contributed by atoms with van der Waals surface area (Å²) in [6, 6.07) is 0.763. The van der Waals surface area contributed by atoms with Crippen molar-refractivity contribution < 1.29 is 0 Å². The van der Waals surface area contributed by atoms with Crippen molar-refractivity contribution in [2.75, 3.05) is 20.6 Å². The molecule has 0 aromatic carbocycles. The normalized spacial score (nSPS) is 15.5. The summed E-state index contributed by atoms with van der Waals surface area (Å²) in [5, 5.41) is 3.67. The Morgan fingerprint density at radius 1 is 1.35 bits per heavy atom. The Kier molecular flexibility index (Phi) is 5.15. The van der Waals surface area contributed by atoms with Gasteiger partial charge < -0.3 is 14.8 Å². The topological polar surface area (TPSA) is 33.1 Å². The zero-order valence-electron chi connectivity index (χ0n) is 11.9. The summed E-state index contributed by atoms with van der Waals surface area (Å²) in [4.78, 5) is 6.62. The lowest BCUT2D eigenvalue weighted by Crippen LogP contribution is -2.43. The van der Waals surface area contributed by atoms with Gasteiger partial charge in [-0.1, -0.05) is 13.8 Å². The van der Waals surface area contributed by atoms with E-state index in [1.165, 1.54) is 0 Å². The summed E-state index contributed by atoms with van der Waals surface area (Å²) in [5.74, 6) is 1.70. The number of likely N-dealkylation sites (N-methyl/N-ethyl adjacent to an activating group) is 1. The SMILES string of the molecule is CC(NC(CN(C)C)C(C)C)c1nccn1C. The van der Waals surface area contributed by atoms with Gasteiger partial charge in [-0.05, 0) is 26.9 Å².